The lowest BCUT2D eigenvalue weighted by Gasteiger charge is -2.36. The lowest BCUT2D eigenvalue weighted by atomic mass is 9.71. The highest BCUT2D eigenvalue weighted by Crippen LogP contribution is 2.38. The quantitative estimate of drug-likeness (QED) is 0.686. The van der Waals surface area contributed by atoms with Crippen molar-refractivity contribution < 1.29 is 13.2 Å². The lowest BCUT2D eigenvalue weighted by molar-refractivity contribution is -0.124. The molecule has 1 aromatic carbocycles. The van der Waals surface area contributed by atoms with Gasteiger partial charge in [0.05, 0.1) is 10.9 Å². The summed E-state index contributed by atoms with van der Waals surface area (Å²) >= 11 is 0. The molecule has 2 rings (SSSR count). The van der Waals surface area contributed by atoms with Crippen LogP contribution in [0.3, 0.4) is 0 Å². The molecule has 1 unspecified atom stereocenters. The molecular weight excluding hydrogens is 338 g/mol. The van der Waals surface area contributed by atoms with Gasteiger partial charge in [-0.1, -0.05) is 31.4 Å². The maximum atomic E-state index is 12.5. The van der Waals surface area contributed by atoms with Crippen LogP contribution in [-0.2, 0) is 14.8 Å². The standard InChI is InChI=1S/C18H29N3O3S/c1-14(15-7-6-8-16(11-15)25(23,24)20-2)21-17(22)12-18(13-19)9-4-3-5-10-18/h6-8,11,14,20H,3-5,9-10,12-13,19H2,1-2H3,(H,21,22). The Labute approximate surface area is 150 Å². The SMILES string of the molecule is CNS(=O)(=O)c1cccc(C(C)NC(=O)CC2(CN)CCCCC2)c1. The molecule has 0 saturated heterocycles. The van der Waals surface area contributed by atoms with Gasteiger partial charge >= 0.3 is 0 Å². The van der Waals surface area contributed by atoms with E-state index in [-0.39, 0.29) is 22.3 Å². The van der Waals surface area contributed by atoms with Crippen LogP contribution in [0, 0.1) is 5.41 Å². The zero-order valence-corrected chi connectivity index (χ0v) is 15.9. The summed E-state index contributed by atoms with van der Waals surface area (Å²) in [6, 6.07) is 6.37. The molecule has 1 fully saturated rings. The smallest absolute Gasteiger partial charge is 0.240 e. The fourth-order valence-corrected chi connectivity index (χ4v) is 4.32. The van der Waals surface area contributed by atoms with Crippen molar-refractivity contribution in [3.63, 3.8) is 0 Å². The summed E-state index contributed by atoms with van der Waals surface area (Å²) in [5.41, 5.74) is 6.63. The van der Waals surface area contributed by atoms with Gasteiger partial charge in [-0.3, -0.25) is 4.79 Å². The van der Waals surface area contributed by atoms with Gasteiger partial charge in [0.2, 0.25) is 15.9 Å². The van der Waals surface area contributed by atoms with Crippen molar-refractivity contribution in [2.45, 2.75) is 56.4 Å². The molecule has 0 radical (unpaired) electrons. The van der Waals surface area contributed by atoms with Crippen LogP contribution in [0.15, 0.2) is 29.2 Å². The third-order valence-electron chi connectivity index (χ3n) is 5.20. The van der Waals surface area contributed by atoms with Gasteiger partial charge in [-0.25, -0.2) is 13.1 Å². The van der Waals surface area contributed by atoms with Crippen molar-refractivity contribution in [2.24, 2.45) is 11.1 Å². The van der Waals surface area contributed by atoms with E-state index in [4.69, 9.17) is 5.73 Å². The molecule has 1 aliphatic carbocycles. The zero-order chi connectivity index (χ0) is 18.5. The summed E-state index contributed by atoms with van der Waals surface area (Å²) in [5.74, 6) is -0.0262. The number of nitrogens with one attached hydrogen (secondary N) is 2. The van der Waals surface area contributed by atoms with E-state index in [2.05, 4.69) is 10.0 Å². The summed E-state index contributed by atoms with van der Waals surface area (Å²) in [7, 11) is -2.12. The minimum absolute atomic E-state index is 0.0262. The molecule has 1 atom stereocenters. The molecule has 140 valence electrons. The molecule has 25 heavy (non-hydrogen) atoms. The minimum atomic E-state index is -3.50. The van der Waals surface area contributed by atoms with E-state index in [1.165, 1.54) is 19.5 Å². The molecule has 6 nitrogen and oxygen atoms in total. The van der Waals surface area contributed by atoms with Gasteiger partial charge in [0.15, 0.2) is 0 Å². The molecule has 7 heteroatoms. The summed E-state index contributed by atoms with van der Waals surface area (Å²) in [5, 5.41) is 2.99. The second-order valence-corrected chi connectivity index (χ2v) is 8.90. The summed E-state index contributed by atoms with van der Waals surface area (Å²) < 4.78 is 26.2. The number of carbonyl (C=O) groups excluding carboxylic acids is 1. The molecule has 1 aromatic rings. The first kappa shape index (κ1) is 19.9. The Hall–Kier alpha value is -1.44. The first-order chi connectivity index (χ1) is 11.8. The van der Waals surface area contributed by atoms with Crippen LogP contribution >= 0.6 is 0 Å². The van der Waals surface area contributed by atoms with E-state index in [1.54, 1.807) is 12.1 Å². The van der Waals surface area contributed by atoms with Crippen molar-refractivity contribution >= 4 is 15.9 Å². The molecule has 0 aromatic heterocycles. The van der Waals surface area contributed by atoms with Crippen LogP contribution in [0.25, 0.3) is 0 Å². The summed E-state index contributed by atoms with van der Waals surface area (Å²) in [6.45, 7) is 2.39. The topological polar surface area (TPSA) is 101 Å². The third kappa shape index (κ3) is 5.03. The monoisotopic (exact) mass is 367 g/mol. The molecule has 1 saturated carbocycles. The Morgan fingerprint density at radius 3 is 2.56 bits per heavy atom. The van der Waals surface area contributed by atoms with Gasteiger partial charge in [-0.2, -0.15) is 0 Å². The highest BCUT2D eigenvalue weighted by atomic mass is 32.2. The first-order valence-electron chi connectivity index (χ1n) is 8.85. The minimum Gasteiger partial charge on any atom is -0.350 e. The molecule has 0 aliphatic heterocycles. The predicted octanol–water partition coefficient (Wildman–Crippen LogP) is 2.07. The lowest BCUT2D eigenvalue weighted by Crippen LogP contribution is -2.39. The number of benzene rings is 1. The van der Waals surface area contributed by atoms with E-state index >= 15 is 0 Å². The molecule has 4 N–H and O–H groups in total. The largest absolute Gasteiger partial charge is 0.350 e. The number of sulfonamides is 1. The van der Waals surface area contributed by atoms with Crippen molar-refractivity contribution in [1.82, 2.24) is 10.0 Å². The van der Waals surface area contributed by atoms with Crippen molar-refractivity contribution in [3.8, 4) is 0 Å². The number of nitrogens with two attached hydrogens (primary N) is 1. The fourth-order valence-electron chi connectivity index (χ4n) is 3.54. The maximum Gasteiger partial charge on any atom is 0.240 e. The Kier molecular flexibility index (Phi) is 6.59. The van der Waals surface area contributed by atoms with Crippen LogP contribution in [-0.4, -0.2) is 27.9 Å². The van der Waals surface area contributed by atoms with E-state index in [9.17, 15) is 13.2 Å². The Balaban J connectivity index is 2.05. The number of carbonyl (C=O) groups is 1. The van der Waals surface area contributed by atoms with Crippen LogP contribution in [0.5, 0.6) is 0 Å². The van der Waals surface area contributed by atoms with Gasteiger partial charge in [0.1, 0.15) is 0 Å². The number of hydrogen-bond donors (Lipinski definition) is 3. The Morgan fingerprint density at radius 1 is 1.28 bits per heavy atom. The number of amides is 1. The first-order valence-corrected chi connectivity index (χ1v) is 10.3. The van der Waals surface area contributed by atoms with Crippen molar-refractivity contribution in [1.29, 1.82) is 0 Å². The summed E-state index contributed by atoms with van der Waals surface area (Å²) in [6.07, 6.45) is 5.91. The Bertz CT molecular complexity index is 697. The molecule has 0 heterocycles. The molecule has 0 spiro atoms. The van der Waals surface area contributed by atoms with Crippen molar-refractivity contribution in [2.75, 3.05) is 13.6 Å². The van der Waals surface area contributed by atoms with E-state index in [0.717, 1.165) is 31.2 Å². The van der Waals surface area contributed by atoms with Crippen molar-refractivity contribution in [3.05, 3.63) is 29.8 Å². The van der Waals surface area contributed by atoms with E-state index in [0.29, 0.717) is 13.0 Å². The summed E-state index contributed by atoms with van der Waals surface area (Å²) in [4.78, 5) is 12.7. The van der Waals surface area contributed by atoms with Gasteiger partial charge in [-0.15, -0.1) is 0 Å². The highest BCUT2D eigenvalue weighted by Gasteiger charge is 2.33. The van der Waals surface area contributed by atoms with Gasteiger partial charge in [0, 0.05) is 6.42 Å². The average Bonchev–Trinajstić information content (AvgIpc) is 2.62. The van der Waals surface area contributed by atoms with Gasteiger partial charge in [0.25, 0.3) is 0 Å². The molecule has 0 bridgehead atoms. The van der Waals surface area contributed by atoms with Crippen LogP contribution in [0.2, 0.25) is 0 Å². The normalized spacial score (nSPS) is 18.5. The van der Waals surface area contributed by atoms with Gasteiger partial charge < -0.3 is 11.1 Å². The second kappa shape index (κ2) is 8.29. The van der Waals surface area contributed by atoms with Gasteiger partial charge in [-0.05, 0) is 56.5 Å². The number of hydrogen-bond acceptors (Lipinski definition) is 4. The van der Waals surface area contributed by atoms with E-state index in [1.807, 2.05) is 13.0 Å². The van der Waals surface area contributed by atoms with E-state index < -0.39 is 10.0 Å². The highest BCUT2D eigenvalue weighted by molar-refractivity contribution is 7.89. The third-order valence-corrected chi connectivity index (χ3v) is 6.61. The zero-order valence-electron chi connectivity index (χ0n) is 15.0. The fraction of sp³-hybridized carbons (Fsp3) is 0.611. The van der Waals surface area contributed by atoms with Crippen LogP contribution in [0.1, 0.15) is 57.1 Å². The molecular formula is C18H29N3O3S. The maximum absolute atomic E-state index is 12.5. The van der Waals surface area contributed by atoms with Crippen LogP contribution < -0.4 is 15.8 Å². The van der Waals surface area contributed by atoms with Crippen LogP contribution in [0.4, 0.5) is 0 Å². The predicted molar refractivity (Wildman–Crippen MR) is 98.4 cm³/mol. The second-order valence-electron chi connectivity index (χ2n) is 7.01. The Morgan fingerprint density at radius 2 is 1.96 bits per heavy atom. The molecule has 1 aliphatic rings. The number of rotatable bonds is 7. The molecule has 1 amide bonds. The average molecular weight is 368 g/mol.